The van der Waals surface area contributed by atoms with E-state index in [1.54, 1.807) is 48.5 Å². The van der Waals surface area contributed by atoms with Crippen LogP contribution in [0.1, 0.15) is 12.0 Å². The fraction of sp³-hybridized carbons (Fsp3) is 0.222. The van der Waals surface area contributed by atoms with Crippen LogP contribution in [0.15, 0.2) is 48.5 Å². The number of hydrogen-bond donors (Lipinski definition) is 2. The number of carbonyl (C=O) groups excluding carboxylic acids is 1. The normalized spacial score (nSPS) is 15.3. The first kappa shape index (κ1) is 17.8. The minimum Gasteiger partial charge on any atom is -0.376 e. The Labute approximate surface area is 152 Å². The van der Waals surface area contributed by atoms with Gasteiger partial charge in [-0.05, 0) is 55.0 Å². The average molecular weight is 370 g/mol. The van der Waals surface area contributed by atoms with Crippen molar-refractivity contribution in [3.05, 3.63) is 54.1 Å². The Morgan fingerprint density at radius 1 is 1.08 bits per heavy atom. The maximum atomic E-state index is 12.0. The van der Waals surface area contributed by atoms with Crippen LogP contribution in [0.25, 0.3) is 0 Å². The van der Waals surface area contributed by atoms with Crippen LogP contribution in [0.5, 0.6) is 0 Å². The van der Waals surface area contributed by atoms with Crippen LogP contribution in [0.2, 0.25) is 0 Å². The highest BCUT2D eigenvalue weighted by molar-refractivity contribution is 7.93. The molecule has 7 nitrogen and oxygen atoms in total. The molecule has 0 unspecified atom stereocenters. The quantitative estimate of drug-likeness (QED) is 0.839. The predicted octanol–water partition coefficient (Wildman–Crippen LogP) is 2.15. The SMILES string of the molecule is N#Cc1ccc(NCC(=O)Nc2ccc(N3CCCS3(=O)=O)cc2)cc1. The number of nitriles is 1. The van der Waals surface area contributed by atoms with Crippen molar-refractivity contribution in [2.45, 2.75) is 6.42 Å². The summed E-state index contributed by atoms with van der Waals surface area (Å²) in [5.74, 6) is -0.0529. The van der Waals surface area contributed by atoms with E-state index in [-0.39, 0.29) is 18.2 Å². The van der Waals surface area contributed by atoms with Crippen molar-refractivity contribution in [2.75, 3.05) is 33.8 Å². The average Bonchev–Trinajstić information content (AvgIpc) is 3.00. The lowest BCUT2D eigenvalue weighted by Crippen LogP contribution is -2.25. The fourth-order valence-electron chi connectivity index (χ4n) is 2.69. The van der Waals surface area contributed by atoms with Crippen LogP contribution >= 0.6 is 0 Å². The summed E-state index contributed by atoms with van der Waals surface area (Å²) < 4.78 is 25.2. The number of benzene rings is 2. The number of sulfonamides is 1. The van der Waals surface area contributed by atoms with E-state index in [0.29, 0.717) is 29.9 Å². The first-order chi connectivity index (χ1) is 12.5. The summed E-state index contributed by atoms with van der Waals surface area (Å²) in [7, 11) is -3.20. The lowest BCUT2D eigenvalue weighted by Gasteiger charge is -2.17. The number of hydrogen-bond acceptors (Lipinski definition) is 5. The summed E-state index contributed by atoms with van der Waals surface area (Å²) in [6.45, 7) is 0.566. The Kier molecular flexibility index (Phi) is 5.09. The van der Waals surface area contributed by atoms with Crippen molar-refractivity contribution in [3.63, 3.8) is 0 Å². The largest absolute Gasteiger partial charge is 0.376 e. The number of carbonyl (C=O) groups is 1. The molecule has 1 saturated heterocycles. The van der Waals surface area contributed by atoms with Crippen LogP contribution in [0.4, 0.5) is 17.1 Å². The maximum absolute atomic E-state index is 12.0. The molecule has 0 atom stereocenters. The first-order valence-corrected chi connectivity index (χ1v) is 9.73. The second-order valence-electron chi connectivity index (χ2n) is 5.88. The zero-order valence-electron chi connectivity index (χ0n) is 14.0. The summed E-state index contributed by atoms with van der Waals surface area (Å²) in [6.07, 6.45) is 0.627. The van der Waals surface area contributed by atoms with E-state index in [1.807, 2.05) is 6.07 Å². The van der Waals surface area contributed by atoms with Crippen LogP contribution in [0, 0.1) is 11.3 Å². The molecule has 134 valence electrons. The van der Waals surface area contributed by atoms with Gasteiger partial charge in [0.15, 0.2) is 0 Å². The maximum Gasteiger partial charge on any atom is 0.243 e. The van der Waals surface area contributed by atoms with E-state index < -0.39 is 10.0 Å². The molecule has 0 aromatic heterocycles. The van der Waals surface area contributed by atoms with E-state index in [4.69, 9.17) is 5.26 Å². The van der Waals surface area contributed by atoms with E-state index >= 15 is 0 Å². The standard InChI is InChI=1S/C18H18N4O3S/c19-12-14-2-4-15(5-3-14)20-13-18(23)21-16-6-8-17(9-7-16)22-10-1-11-26(22,24)25/h2-9,20H,1,10-11,13H2,(H,21,23). The van der Waals surface area contributed by atoms with Gasteiger partial charge in [0, 0.05) is 17.9 Å². The van der Waals surface area contributed by atoms with E-state index in [1.165, 1.54) is 4.31 Å². The minimum atomic E-state index is -3.20. The van der Waals surface area contributed by atoms with Gasteiger partial charge in [-0.1, -0.05) is 0 Å². The Balaban J connectivity index is 1.55. The van der Waals surface area contributed by atoms with Crippen LogP contribution in [0.3, 0.4) is 0 Å². The van der Waals surface area contributed by atoms with Gasteiger partial charge in [0.2, 0.25) is 15.9 Å². The molecule has 1 fully saturated rings. The van der Waals surface area contributed by atoms with E-state index in [2.05, 4.69) is 10.6 Å². The molecule has 0 spiro atoms. The van der Waals surface area contributed by atoms with Gasteiger partial charge >= 0.3 is 0 Å². The van der Waals surface area contributed by atoms with Crippen molar-refractivity contribution in [2.24, 2.45) is 0 Å². The van der Waals surface area contributed by atoms with Gasteiger partial charge in [-0.25, -0.2) is 8.42 Å². The summed E-state index contributed by atoms with van der Waals surface area (Å²) in [5.41, 5.74) is 2.50. The van der Waals surface area contributed by atoms with Gasteiger partial charge in [-0.2, -0.15) is 5.26 Å². The molecular formula is C18H18N4O3S. The Morgan fingerprint density at radius 3 is 2.31 bits per heavy atom. The Hall–Kier alpha value is -3.05. The van der Waals surface area contributed by atoms with Crippen molar-refractivity contribution < 1.29 is 13.2 Å². The van der Waals surface area contributed by atoms with Crippen molar-refractivity contribution in [1.82, 2.24) is 0 Å². The Morgan fingerprint density at radius 2 is 1.73 bits per heavy atom. The van der Waals surface area contributed by atoms with Gasteiger partial charge < -0.3 is 10.6 Å². The molecule has 1 heterocycles. The minimum absolute atomic E-state index is 0.0775. The monoisotopic (exact) mass is 370 g/mol. The highest BCUT2D eigenvalue weighted by Gasteiger charge is 2.28. The molecule has 0 saturated carbocycles. The molecule has 0 bridgehead atoms. The topological polar surface area (TPSA) is 102 Å². The zero-order chi connectivity index (χ0) is 18.6. The molecule has 2 aromatic carbocycles. The van der Waals surface area contributed by atoms with Crippen LogP contribution in [-0.2, 0) is 14.8 Å². The number of nitrogens with one attached hydrogen (secondary N) is 2. The third-order valence-corrected chi connectivity index (χ3v) is 5.87. The smallest absolute Gasteiger partial charge is 0.243 e. The fourth-order valence-corrected chi connectivity index (χ4v) is 4.26. The first-order valence-electron chi connectivity index (χ1n) is 8.12. The molecule has 2 N–H and O–H groups in total. The van der Waals surface area contributed by atoms with Gasteiger partial charge in [-0.3, -0.25) is 9.10 Å². The van der Waals surface area contributed by atoms with Gasteiger partial charge in [-0.15, -0.1) is 0 Å². The third kappa shape index (κ3) is 4.13. The molecule has 2 aromatic rings. The molecule has 1 aliphatic heterocycles. The molecule has 3 rings (SSSR count). The lowest BCUT2D eigenvalue weighted by atomic mass is 10.2. The molecule has 26 heavy (non-hydrogen) atoms. The second kappa shape index (κ2) is 7.45. The third-order valence-electron chi connectivity index (χ3n) is 4.01. The summed E-state index contributed by atoms with van der Waals surface area (Å²) in [6, 6.07) is 15.6. The van der Waals surface area contributed by atoms with Gasteiger partial charge in [0.05, 0.1) is 29.6 Å². The molecule has 8 heteroatoms. The summed E-state index contributed by atoms with van der Waals surface area (Å²) in [5, 5.41) is 14.5. The number of rotatable bonds is 5. The molecule has 0 radical (unpaired) electrons. The summed E-state index contributed by atoms with van der Waals surface area (Å²) >= 11 is 0. The second-order valence-corrected chi connectivity index (χ2v) is 7.89. The van der Waals surface area contributed by atoms with E-state index in [0.717, 1.165) is 5.69 Å². The van der Waals surface area contributed by atoms with Crippen molar-refractivity contribution in [1.29, 1.82) is 5.26 Å². The Bertz CT molecular complexity index is 932. The van der Waals surface area contributed by atoms with E-state index in [9.17, 15) is 13.2 Å². The number of amides is 1. The predicted molar refractivity (Wildman–Crippen MR) is 100 cm³/mol. The van der Waals surface area contributed by atoms with Gasteiger partial charge in [0.1, 0.15) is 0 Å². The number of nitrogens with zero attached hydrogens (tertiary/aromatic N) is 2. The molecule has 0 aliphatic carbocycles. The summed E-state index contributed by atoms with van der Waals surface area (Å²) in [4.78, 5) is 12.0. The molecular weight excluding hydrogens is 352 g/mol. The molecule has 1 aliphatic rings. The molecule has 1 amide bonds. The highest BCUT2D eigenvalue weighted by Crippen LogP contribution is 2.25. The van der Waals surface area contributed by atoms with Crippen LogP contribution in [-0.4, -0.2) is 33.2 Å². The highest BCUT2D eigenvalue weighted by atomic mass is 32.2. The van der Waals surface area contributed by atoms with Gasteiger partial charge in [0.25, 0.3) is 0 Å². The van der Waals surface area contributed by atoms with Crippen molar-refractivity contribution >= 4 is 33.0 Å². The lowest BCUT2D eigenvalue weighted by molar-refractivity contribution is -0.114. The van der Waals surface area contributed by atoms with Crippen molar-refractivity contribution in [3.8, 4) is 6.07 Å². The zero-order valence-corrected chi connectivity index (χ0v) is 14.8. The number of anilines is 3. The van der Waals surface area contributed by atoms with Crippen LogP contribution < -0.4 is 14.9 Å².